The molecule has 20 heavy (non-hydrogen) atoms. The maximum absolute atomic E-state index is 13.7. The minimum atomic E-state index is -0.675. The van der Waals surface area contributed by atoms with E-state index in [0.717, 1.165) is 11.3 Å². The number of halogens is 1. The first-order chi connectivity index (χ1) is 9.61. The number of ether oxygens (including phenoxy) is 1. The molecule has 1 unspecified atom stereocenters. The number of esters is 1. The van der Waals surface area contributed by atoms with Crippen molar-refractivity contribution in [1.29, 1.82) is 0 Å². The molecule has 1 atom stereocenters. The number of benzene rings is 1. The van der Waals surface area contributed by atoms with Gasteiger partial charge in [-0.2, -0.15) is 0 Å². The molecule has 0 saturated carbocycles. The number of hydrogen-bond acceptors (Lipinski definition) is 4. The molecule has 0 fully saturated rings. The molecule has 2 aromatic rings. The molecule has 0 radical (unpaired) electrons. The van der Waals surface area contributed by atoms with E-state index in [1.807, 2.05) is 19.1 Å². The SMILES string of the molecule is COC(=O)c1ccc(CNC(C)c2ccco2)cc1F. The molecule has 0 amide bonds. The topological polar surface area (TPSA) is 51.5 Å². The zero-order valence-electron chi connectivity index (χ0n) is 11.4. The van der Waals surface area contributed by atoms with E-state index >= 15 is 0 Å². The van der Waals surface area contributed by atoms with Crippen LogP contribution in [0.4, 0.5) is 4.39 Å². The monoisotopic (exact) mass is 277 g/mol. The maximum atomic E-state index is 13.7. The zero-order valence-corrected chi connectivity index (χ0v) is 11.4. The number of carbonyl (C=O) groups is 1. The molecule has 0 bridgehead atoms. The van der Waals surface area contributed by atoms with Crippen LogP contribution in [0.1, 0.15) is 34.6 Å². The predicted molar refractivity (Wildman–Crippen MR) is 71.7 cm³/mol. The first kappa shape index (κ1) is 14.3. The van der Waals surface area contributed by atoms with Crippen molar-refractivity contribution in [2.24, 2.45) is 0 Å². The summed E-state index contributed by atoms with van der Waals surface area (Å²) in [5, 5.41) is 3.21. The highest BCUT2D eigenvalue weighted by Crippen LogP contribution is 2.15. The van der Waals surface area contributed by atoms with Crippen molar-refractivity contribution in [2.45, 2.75) is 19.5 Å². The third-order valence-electron chi connectivity index (χ3n) is 3.02. The summed E-state index contributed by atoms with van der Waals surface area (Å²) >= 11 is 0. The van der Waals surface area contributed by atoms with Crippen LogP contribution in [0.25, 0.3) is 0 Å². The Balaban J connectivity index is 2.00. The van der Waals surface area contributed by atoms with E-state index < -0.39 is 11.8 Å². The fourth-order valence-corrected chi connectivity index (χ4v) is 1.85. The molecule has 0 aliphatic carbocycles. The molecule has 106 valence electrons. The maximum Gasteiger partial charge on any atom is 0.340 e. The fraction of sp³-hybridized carbons (Fsp3) is 0.267. The molecule has 1 N–H and O–H groups in total. The lowest BCUT2D eigenvalue weighted by atomic mass is 10.1. The summed E-state index contributed by atoms with van der Waals surface area (Å²) in [6, 6.07) is 8.16. The lowest BCUT2D eigenvalue weighted by Gasteiger charge is -2.11. The molecule has 0 aliphatic heterocycles. The molecular weight excluding hydrogens is 261 g/mol. The van der Waals surface area contributed by atoms with Gasteiger partial charge in [-0.3, -0.25) is 0 Å². The smallest absolute Gasteiger partial charge is 0.340 e. The molecule has 2 rings (SSSR count). The van der Waals surface area contributed by atoms with Gasteiger partial charge in [0.25, 0.3) is 0 Å². The molecule has 1 aromatic heterocycles. The van der Waals surface area contributed by atoms with Crippen LogP contribution in [-0.4, -0.2) is 13.1 Å². The fourth-order valence-electron chi connectivity index (χ4n) is 1.85. The summed E-state index contributed by atoms with van der Waals surface area (Å²) in [5.41, 5.74) is 0.684. The Kier molecular flexibility index (Phi) is 4.53. The Hall–Kier alpha value is -2.14. The number of nitrogens with one attached hydrogen (secondary N) is 1. The molecule has 1 aromatic carbocycles. The number of furan rings is 1. The standard InChI is InChI=1S/C15H16FNO3/c1-10(14-4-3-7-20-14)17-9-11-5-6-12(13(16)8-11)15(18)19-2/h3-8,10,17H,9H2,1-2H3. The minimum absolute atomic E-state index is 0.0216. The van der Waals surface area contributed by atoms with Crippen molar-refractivity contribution in [1.82, 2.24) is 5.32 Å². The van der Waals surface area contributed by atoms with Crippen LogP contribution in [0.3, 0.4) is 0 Å². The Morgan fingerprint density at radius 3 is 2.85 bits per heavy atom. The zero-order chi connectivity index (χ0) is 14.5. The highest BCUT2D eigenvalue weighted by atomic mass is 19.1. The van der Waals surface area contributed by atoms with Crippen LogP contribution in [0, 0.1) is 5.82 Å². The van der Waals surface area contributed by atoms with Crippen LogP contribution in [0.15, 0.2) is 41.0 Å². The lowest BCUT2D eigenvalue weighted by Crippen LogP contribution is -2.18. The van der Waals surface area contributed by atoms with E-state index in [-0.39, 0.29) is 11.6 Å². The van der Waals surface area contributed by atoms with Gasteiger partial charge in [-0.05, 0) is 36.8 Å². The van der Waals surface area contributed by atoms with Crippen LogP contribution in [0.5, 0.6) is 0 Å². The van der Waals surface area contributed by atoms with Crippen LogP contribution < -0.4 is 5.32 Å². The number of rotatable bonds is 5. The van der Waals surface area contributed by atoms with Crippen molar-refractivity contribution in [3.05, 3.63) is 59.3 Å². The van der Waals surface area contributed by atoms with Gasteiger partial charge in [-0.1, -0.05) is 6.07 Å². The van der Waals surface area contributed by atoms with Crippen LogP contribution >= 0.6 is 0 Å². The average Bonchev–Trinajstić information content (AvgIpc) is 2.98. The number of methoxy groups -OCH3 is 1. The molecule has 0 spiro atoms. The first-order valence-corrected chi connectivity index (χ1v) is 6.25. The molecule has 4 nitrogen and oxygen atoms in total. The Labute approximate surface area is 116 Å². The number of carbonyl (C=O) groups excluding carboxylic acids is 1. The molecule has 0 aliphatic rings. The van der Waals surface area contributed by atoms with Crippen molar-refractivity contribution in [3.8, 4) is 0 Å². The van der Waals surface area contributed by atoms with Gasteiger partial charge in [0.2, 0.25) is 0 Å². The molecule has 0 saturated heterocycles. The summed E-state index contributed by atoms with van der Waals surface area (Å²) in [4.78, 5) is 11.3. The second-order valence-electron chi connectivity index (χ2n) is 4.42. The van der Waals surface area contributed by atoms with Gasteiger partial charge in [0.05, 0.1) is 25.0 Å². The third kappa shape index (κ3) is 3.24. The van der Waals surface area contributed by atoms with Gasteiger partial charge in [0.1, 0.15) is 11.6 Å². The van der Waals surface area contributed by atoms with E-state index in [9.17, 15) is 9.18 Å². The lowest BCUT2D eigenvalue weighted by molar-refractivity contribution is 0.0595. The van der Waals surface area contributed by atoms with Gasteiger partial charge < -0.3 is 14.5 Å². The van der Waals surface area contributed by atoms with E-state index in [1.165, 1.54) is 19.2 Å². The van der Waals surface area contributed by atoms with E-state index in [4.69, 9.17) is 4.42 Å². The second kappa shape index (κ2) is 6.34. The van der Waals surface area contributed by atoms with Crippen molar-refractivity contribution in [2.75, 3.05) is 7.11 Å². The van der Waals surface area contributed by atoms with Crippen molar-refractivity contribution >= 4 is 5.97 Å². The summed E-state index contributed by atoms with van der Waals surface area (Å²) in [6.07, 6.45) is 1.61. The van der Waals surface area contributed by atoms with Gasteiger partial charge in [-0.25, -0.2) is 9.18 Å². The van der Waals surface area contributed by atoms with Gasteiger partial charge in [0, 0.05) is 6.54 Å². The normalized spacial score (nSPS) is 12.2. The Morgan fingerprint density at radius 2 is 2.25 bits per heavy atom. The van der Waals surface area contributed by atoms with Gasteiger partial charge >= 0.3 is 5.97 Å². The summed E-state index contributed by atoms with van der Waals surface area (Å²) < 4.78 is 23.5. The minimum Gasteiger partial charge on any atom is -0.468 e. The highest BCUT2D eigenvalue weighted by molar-refractivity contribution is 5.89. The van der Waals surface area contributed by atoms with Gasteiger partial charge in [-0.15, -0.1) is 0 Å². The quantitative estimate of drug-likeness (QED) is 0.853. The summed E-state index contributed by atoms with van der Waals surface area (Å²) in [7, 11) is 1.22. The number of hydrogen-bond donors (Lipinski definition) is 1. The largest absolute Gasteiger partial charge is 0.468 e. The third-order valence-corrected chi connectivity index (χ3v) is 3.02. The Bertz CT molecular complexity index is 581. The van der Waals surface area contributed by atoms with Crippen LogP contribution in [-0.2, 0) is 11.3 Å². The van der Waals surface area contributed by atoms with Crippen molar-refractivity contribution < 1.29 is 18.3 Å². The second-order valence-corrected chi connectivity index (χ2v) is 4.42. The molecular formula is C15H16FNO3. The highest BCUT2D eigenvalue weighted by Gasteiger charge is 2.13. The molecule has 5 heteroatoms. The van der Waals surface area contributed by atoms with Crippen LogP contribution in [0.2, 0.25) is 0 Å². The first-order valence-electron chi connectivity index (χ1n) is 6.25. The predicted octanol–water partition coefficient (Wildman–Crippen LogP) is 3.06. The van der Waals surface area contributed by atoms with Crippen molar-refractivity contribution in [3.63, 3.8) is 0 Å². The van der Waals surface area contributed by atoms with E-state index in [1.54, 1.807) is 12.3 Å². The summed E-state index contributed by atoms with van der Waals surface area (Å²) in [6.45, 7) is 2.43. The van der Waals surface area contributed by atoms with E-state index in [2.05, 4.69) is 10.1 Å². The average molecular weight is 277 g/mol. The van der Waals surface area contributed by atoms with Gasteiger partial charge in [0.15, 0.2) is 0 Å². The van der Waals surface area contributed by atoms with E-state index in [0.29, 0.717) is 6.54 Å². The summed E-state index contributed by atoms with van der Waals surface area (Å²) in [5.74, 6) is -0.440. The Morgan fingerprint density at radius 1 is 1.45 bits per heavy atom. The molecule has 1 heterocycles.